The van der Waals surface area contributed by atoms with E-state index < -0.39 is 5.97 Å². The molecule has 0 spiro atoms. The zero-order chi connectivity index (χ0) is 11.4. The molecule has 0 heterocycles. The first kappa shape index (κ1) is 11.6. The molecule has 0 aliphatic heterocycles. The third kappa shape index (κ3) is 2.51. The number of carbonyl (C=O) groups excluding carboxylic acids is 1. The van der Waals surface area contributed by atoms with E-state index in [1.54, 1.807) is 19.9 Å². The summed E-state index contributed by atoms with van der Waals surface area (Å²) in [7, 11) is 0. The van der Waals surface area contributed by atoms with Crippen LogP contribution in [0.15, 0.2) is 17.0 Å². The molecule has 3 nitrogen and oxygen atoms in total. The second-order valence-electron chi connectivity index (χ2n) is 3.00. The van der Waals surface area contributed by atoms with E-state index in [0.29, 0.717) is 22.6 Å². The monoisotopic (exact) mass is 221 g/mol. The molecule has 0 aliphatic rings. The summed E-state index contributed by atoms with van der Waals surface area (Å²) >= 11 is 4.20. The first-order valence-electron chi connectivity index (χ1n) is 4.51. The molecule has 15 heavy (non-hydrogen) atoms. The van der Waals surface area contributed by atoms with Crippen LogP contribution in [0.5, 0.6) is 0 Å². The number of carbonyl (C=O) groups is 1. The van der Waals surface area contributed by atoms with Crippen molar-refractivity contribution in [1.29, 1.82) is 5.26 Å². The standard InChI is InChI=1S/C11H11NO2S/c1-3-14-11(13)9-4-8(6-12)5-10(15)7(9)2/h4-5,15H,3H2,1-2H3. The number of benzene rings is 1. The van der Waals surface area contributed by atoms with Crippen LogP contribution in [0.1, 0.15) is 28.4 Å². The second-order valence-corrected chi connectivity index (χ2v) is 3.48. The molecular formula is C11H11NO2S. The molecule has 78 valence electrons. The third-order valence-corrected chi connectivity index (χ3v) is 2.47. The lowest BCUT2D eigenvalue weighted by molar-refractivity contribution is 0.0525. The number of hydrogen-bond donors (Lipinski definition) is 1. The molecule has 1 aromatic rings. The molecule has 0 aliphatic carbocycles. The summed E-state index contributed by atoms with van der Waals surface area (Å²) in [4.78, 5) is 12.1. The normalized spacial score (nSPS) is 9.47. The van der Waals surface area contributed by atoms with Crippen LogP contribution in [-0.2, 0) is 4.74 Å². The predicted molar refractivity (Wildman–Crippen MR) is 59.1 cm³/mol. The minimum atomic E-state index is -0.414. The molecule has 0 amide bonds. The zero-order valence-corrected chi connectivity index (χ0v) is 9.47. The summed E-state index contributed by atoms with van der Waals surface area (Å²) in [6.45, 7) is 3.83. The van der Waals surface area contributed by atoms with Gasteiger partial charge in [0.05, 0.1) is 23.8 Å². The van der Waals surface area contributed by atoms with Gasteiger partial charge in [0.25, 0.3) is 0 Å². The molecule has 1 rings (SSSR count). The zero-order valence-electron chi connectivity index (χ0n) is 8.57. The van der Waals surface area contributed by atoms with Crippen LogP contribution < -0.4 is 0 Å². The van der Waals surface area contributed by atoms with Gasteiger partial charge in [-0.25, -0.2) is 4.79 Å². The van der Waals surface area contributed by atoms with E-state index >= 15 is 0 Å². The van der Waals surface area contributed by atoms with Crippen molar-refractivity contribution in [2.24, 2.45) is 0 Å². The van der Waals surface area contributed by atoms with Crippen LogP contribution in [0.25, 0.3) is 0 Å². The van der Waals surface area contributed by atoms with Crippen molar-refractivity contribution in [1.82, 2.24) is 0 Å². The van der Waals surface area contributed by atoms with E-state index in [9.17, 15) is 4.79 Å². The molecule has 0 N–H and O–H groups in total. The fraction of sp³-hybridized carbons (Fsp3) is 0.273. The molecule has 0 radical (unpaired) electrons. The Morgan fingerprint density at radius 2 is 2.27 bits per heavy atom. The van der Waals surface area contributed by atoms with Gasteiger partial charge in [0.2, 0.25) is 0 Å². The van der Waals surface area contributed by atoms with E-state index in [4.69, 9.17) is 10.00 Å². The highest BCUT2D eigenvalue weighted by atomic mass is 32.1. The summed E-state index contributed by atoms with van der Waals surface area (Å²) in [6.07, 6.45) is 0. The van der Waals surface area contributed by atoms with Crippen molar-refractivity contribution in [2.45, 2.75) is 18.7 Å². The topological polar surface area (TPSA) is 50.1 Å². The Morgan fingerprint density at radius 3 is 2.80 bits per heavy atom. The lowest BCUT2D eigenvalue weighted by Crippen LogP contribution is -2.07. The predicted octanol–water partition coefficient (Wildman–Crippen LogP) is 2.33. The second kappa shape index (κ2) is 4.85. The van der Waals surface area contributed by atoms with Crippen LogP contribution in [0.2, 0.25) is 0 Å². The van der Waals surface area contributed by atoms with Crippen molar-refractivity contribution in [3.05, 3.63) is 28.8 Å². The molecule has 0 aromatic heterocycles. The van der Waals surface area contributed by atoms with Crippen molar-refractivity contribution < 1.29 is 9.53 Å². The first-order valence-corrected chi connectivity index (χ1v) is 4.95. The number of esters is 1. The number of nitrogens with zero attached hydrogens (tertiary/aromatic N) is 1. The van der Waals surface area contributed by atoms with Crippen molar-refractivity contribution in [3.8, 4) is 6.07 Å². The molecule has 0 bridgehead atoms. The Kier molecular flexibility index (Phi) is 3.75. The average Bonchev–Trinajstić information content (AvgIpc) is 2.22. The van der Waals surface area contributed by atoms with E-state index in [1.165, 1.54) is 6.07 Å². The summed E-state index contributed by atoms with van der Waals surface area (Å²) in [5.74, 6) is -0.414. The fourth-order valence-corrected chi connectivity index (χ4v) is 1.44. The minimum Gasteiger partial charge on any atom is -0.462 e. The molecular weight excluding hydrogens is 210 g/mol. The van der Waals surface area contributed by atoms with Crippen LogP contribution in [0.4, 0.5) is 0 Å². The summed E-state index contributed by atoms with van der Waals surface area (Å²) in [6, 6.07) is 5.12. The number of hydrogen-bond acceptors (Lipinski definition) is 4. The van der Waals surface area contributed by atoms with Gasteiger partial charge < -0.3 is 4.74 Å². The summed E-state index contributed by atoms with van der Waals surface area (Å²) < 4.78 is 4.88. The van der Waals surface area contributed by atoms with Crippen LogP contribution >= 0.6 is 12.6 Å². The lowest BCUT2D eigenvalue weighted by Gasteiger charge is -2.07. The highest BCUT2D eigenvalue weighted by molar-refractivity contribution is 7.80. The van der Waals surface area contributed by atoms with Gasteiger partial charge in [-0.2, -0.15) is 5.26 Å². The third-order valence-electron chi connectivity index (χ3n) is 2.00. The number of ether oxygens (including phenoxy) is 1. The van der Waals surface area contributed by atoms with Crippen molar-refractivity contribution in [2.75, 3.05) is 6.61 Å². The highest BCUT2D eigenvalue weighted by Gasteiger charge is 2.13. The maximum absolute atomic E-state index is 11.5. The van der Waals surface area contributed by atoms with Gasteiger partial charge in [-0.3, -0.25) is 0 Å². The Morgan fingerprint density at radius 1 is 1.60 bits per heavy atom. The maximum Gasteiger partial charge on any atom is 0.338 e. The smallest absolute Gasteiger partial charge is 0.338 e. The minimum absolute atomic E-state index is 0.316. The molecule has 0 saturated heterocycles. The summed E-state index contributed by atoms with van der Waals surface area (Å²) in [5.41, 5.74) is 1.55. The summed E-state index contributed by atoms with van der Waals surface area (Å²) in [5, 5.41) is 8.75. The van der Waals surface area contributed by atoms with Gasteiger partial charge in [-0.05, 0) is 31.5 Å². The first-order chi connectivity index (χ1) is 7.10. The van der Waals surface area contributed by atoms with Gasteiger partial charge in [-0.15, -0.1) is 12.6 Å². The number of thiol groups is 1. The highest BCUT2D eigenvalue weighted by Crippen LogP contribution is 2.20. The Balaban J connectivity index is 3.23. The van der Waals surface area contributed by atoms with Crippen LogP contribution in [-0.4, -0.2) is 12.6 Å². The number of rotatable bonds is 2. The van der Waals surface area contributed by atoms with E-state index in [0.717, 1.165) is 5.56 Å². The number of nitriles is 1. The van der Waals surface area contributed by atoms with Gasteiger partial charge >= 0.3 is 5.97 Å². The lowest BCUT2D eigenvalue weighted by atomic mass is 10.1. The van der Waals surface area contributed by atoms with E-state index in [-0.39, 0.29) is 0 Å². The Hall–Kier alpha value is -1.47. The molecule has 0 unspecified atom stereocenters. The molecule has 1 aromatic carbocycles. The van der Waals surface area contributed by atoms with Crippen molar-refractivity contribution >= 4 is 18.6 Å². The van der Waals surface area contributed by atoms with Gasteiger partial charge in [0.1, 0.15) is 0 Å². The van der Waals surface area contributed by atoms with Gasteiger partial charge in [0.15, 0.2) is 0 Å². The largest absolute Gasteiger partial charge is 0.462 e. The van der Waals surface area contributed by atoms with Gasteiger partial charge in [0, 0.05) is 4.90 Å². The molecule has 0 fully saturated rings. The Bertz CT molecular complexity index is 435. The Labute approximate surface area is 94.1 Å². The maximum atomic E-state index is 11.5. The average molecular weight is 221 g/mol. The molecule has 0 saturated carbocycles. The molecule has 0 atom stereocenters. The van der Waals surface area contributed by atoms with Crippen molar-refractivity contribution in [3.63, 3.8) is 0 Å². The fourth-order valence-electron chi connectivity index (χ4n) is 1.18. The van der Waals surface area contributed by atoms with Crippen LogP contribution in [0.3, 0.4) is 0 Å². The quantitative estimate of drug-likeness (QED) is 0.616. The van der Waals surface area contributed by atoms with Gasteiger partial charge in [-0.1, -0.05) is 0 Å². The SMILES string of the molecule is CCOC(=O)c1cc(C#N)cc(S)c1C. The van der Waals surface area contributed by atoms with E-state index in [1.807, 2.05) is 6.07 Å². The van der Waals surface area contributed by atoms with Crippen LogP contribution in [0, 0.1) is 18.3 Å². The van der Waals surface area contributed by atoms with E-state index in [2.05, 4.69) is 12.6 Å². The molecule has 4 heteroatoms.